The minimum atomic E-state index is 0.0327. The van der Waals surface area contributed by atoms with Gasteiger partial charge < -0.3 is 9.47 Å². The molecular formula is C18H22N2OS. The molecule has 0 aliphatic carbocycles. The number of carbonyl (C=O) groups is 1. The molecule has 0 radical (unpaired) electrons. The van der Waals surface area contributed by atoms with E-state index in [-0.39, 0.29) is 5.91 Å². The van der Waals surface area contributed by atoms with Crippen molar-refractivity contribution in [2.24, 2.45) is 0 Å². The number of carbonyl (C=O) groups excluding carboxylic acids is 1. The van der Waals surface area contributed by atoms with E-state index in [0.29, 0.717) is 13.1 Å². The van der Waals surface area contributed by atoms with E-state index in [4.69, 9.17) is 0 Å². The van der Waals surface area contributed by atoms with Gasteiger partial charge in [0.1, 0.15) is 0 Å². The number of thiophene rings is 1. The molecule has 0 aliphatic rings. The number of aromatic nitrogens is 1. The lowest BCUT2D eigenvalue weighted by Crippen LogP contribution is -2.31. The molecule has 4 heteroatoms. The van der Waals surface area contributed by atoms with Gasteiger partial charge in [-0.05, 0) is 31.4 Å². The van der Waals surface area contributed by atoms with Crippen LogP contribution < -0.4 is 0 Å². The Morgan fingerprint density at radius 3 is 2.55 bits per heavy atom. The third-order valence-electron chi connectivity index (χ3n) is 3.68. The molecule has 0 saturated heterocycles. The van der Waals surface area contributed by atoms with Crippen molar-refractivity contribution in [3.63, 3.8) is 0 Å². The van der Waals surface area contributed by atoms with Crippen molar-refractivity contribution < 1.29 is 4.79 Å². The number of hydrogen-bond donors (Lipinski definition) is 0. The Morgan fingerprint density at radius 1 is 1.32 bits per heavy atom. The normalized spacial score (nSPS) is 10.5. The second-order valence-electron chi connectivity index (χ2n) is 5.24. The Labute approximate surface area is 136 Å². The van der Waals surface area contributed by atoms with Gasteiger partial charge in [0.05, 0.1) is 12.1 Å². The minimum Gasteiger partial charge on any atom is -0.343 e. The predicted molar refractivity (Wildman–Crippen MR) is 93.6 cm³/mol. The van der Waals surface area contributed by atoms with Crippen LogP contribution >= 0.6 is 11.3 Å². The zero-order chi connectivity index (χ0) is 16.1. The smallest absolute Gasteiger partial charge is 0.256 e. The van der Waals surface area contributed by atoms with E-state index in [2.05, 4.69) is 35.2 Å². The quantitative estimate of drug-likeness (QED) is 0.708. The first-order valence-corrected chi connectivity index (χ1v) is 8.16. The first-order chi connectivity index (χ1) is 10.6. The highest BCUT2D eigenvalue weighted by Crippen LogP contribution is 2.20. The summed E-state index contributed by atoms with van der Waals surface area (Å²) in [6, 6.07) is 6.15. The largest absolute Gasteiger partial charge is 0.343 e. The summed E-state index contributed by atoms with van der Waals surface area (Å²) < 4.78 is 2.19. The number of hydrogen-bond acceptors (Lipinski definition) is 2. The maximum absolute atomic E-state index is 12.7. The van der Waals surface area contributed by atoms with Gasteiger partial charge in [-0.25, -0.2) is 0 Å². The molecule has 116 valence electrons. The second kappa shape index (κ2) is 7.27. The Kier molecular flexibility index (Phi) is 5.39. The van der Waals surface area contributed by atoms with Crippen LogP contribution in [0.25, 0.3) is 0 Å². The van der Waals surface area contributed by atoms with Crippen LogP contribution in [0, 0.1) is 13.8 Å². The van der Waals surface area contributed by atoms with Crippen LogP contribution in [0.4, 0.5) is 0 Å². The molecule has 0 aromatic carbocycles. The van der Waals surface area contributed by atoms with Gasteiger partial charge in [-0.2, -0.15) is 0 Å². The molecule has 1 amide bonds. The van der Waals surface area contributed by atoms with E-state index < -0.39 is 0 Å². The molecule has 2 rings (SSSR count). The zero-order valence-corrected chi connectivity index (χ0v) is 14.0. The van der Waals surface area contributed by atoms with E-state index in [1.165, 1.54) is 4.88 Å². The summed E-state index contributed by atoms with van der Waals surface area (Å²) in [4.78, 5) is 15.8. The van der Waals surface area contributed by atoms with Gasteiger partial charge in [0, 0.05) is 29.4 Å². The van der Waals surface area contributed by atoms with Crippen LogP contribution in [0.15, 0.2) is 48.9 Å². The average molecular weight is 314 g/mol. The van der Waals surface area contributed by atoms with E-state index in [1.807, 2.05) is 19.9 Å². The highest BCUT2D eigenvalue weighted by atomic mass is 32.1. The van der Waals surface area contributed by atoms with Crippen LogP contribution in [0.5, 0.6) is 0 Å². The van der Waals surface area contributed by atoms with E-state index in [0.717, 1.165) is 23.5 Å². The number of nitrogens with zero attached hydrogens (tertiary/aromatic N) is 2. The summed E-state index contributed by atoms with van der Waals surface area (Å²) in [5, 5.41) is 2.07. The monoisotopic (exact) mass is 314 g/mol. The highest BCUT2D eigenvalue weighted by molar-refractivity contribution is 7.09. The summed E-state index contributed by atoms with van der Waals surface area (Å²) in [6.07, 6.45) is 3.48. The molecule has 2 heterocycles. The molecule has 0 unspecified atom stereocenters. The molecule has 0 bridgehead atoms. The molecule has 0 aliphatic heterocycles. The molecule has 0 N–H and O–H groups in total. The van der Waals surface area contributed by atoms with Gasteiger partial charge in [-0.15, -0.1) is 24.5 Å². The lowest BCUT2D eigenvalue weighted by molar-refractivity contribution is 0.0790. The van der Waals surface area contributed by atoms with Gasteiger partial charge in [-0.1, -0.05) is 18.2 Å². The van der Waals surface area contributed by atoms with Crippen LogP contribution in [-0.2, 0) is 6.54 Å². The molecule has 0 saturated carbocycles. The number of aryl methyl sites for hydroxylation is 1. The first kappa shape index (κ1) is 16.3. The Balaban J connectivity index is 2.29. The average Bonchev–Trinajstić information content (AvgIpc) is 3.10. The lowest BCUT2D eigenvalue weighted by atomic mass is 10.2. The van der Waals surface area contributed by atoms with Gasteiger partial charge >= 0.3 is 0 Å². The fourth-order valence-electron chi connectivity index (χ4n) is 2.54. The van der Waals surface area contributed by atoms with Gasteiger partial charge in [0.25, 0.3) is 5.91 Å². The third-order valence-corrected chi connectivity index (χ3v) is 4.55. The molecule has 2 aromatic heterocycles. The second-order valence-corrected chi connectivity index (χ2v) is 6.27. The predicted octanol–water partition coefficient (Wildman–Crippen LogP) is 4.03. The van der Waals surface area contributed by atoms with Crippen molar-refractivity contribution in [1.29, 1.82) is 0 Å². The summed E-state index contributed by atoms with van der Waals surface area (Å²) in [6.45, 7) is 13.4. The minimum absolute atomic E-state index is 0.0327. The highest BCUT2D eigenvalue weighted by Gasteiger charge is 2.20. The summed E-state index contributed by atoms with van der Waals surface area (Å²) >= 11 is 1.73. The Hall–Kier alpha value is -2.07. The van der Waals surface area contributed by atoms with Crippen LogP contribution in [-0.4, -0.2) is 28.5 Å². The van der Waals surface area contributed by atoms with E-state index in [1.54, 1.807) is 28.4 Å². The topological polar surface area (TPSA) is 25.2 Å². The number of rotatable bonds is 7. The molecule has 0 atom stereocenters. The van der Waals surface area contributed by atoms with Crippen molar-refractivity contribution in [2.45, 2.75) is 20.4 Å². The van der Waals surface area contributed by atoms with Crippen LogP contribution in [0.2, 0.25) is 0 Å². The van der Waals surface area contributed by atoms with Crippen molar-refractivity contribution in [2.75, 3.05) is 13.1 Å². The molecule has 22 heavy (non-hydrogen) atoms. The van der Waals surface area contributed by atoms with Crippen LogP contribution in [0.1, 0.15) is 26.6 Å². The maximum atomic E-state index is 12.7. The number of amides is 1. The third kappa shape index (κ3) is 3.39. The van der Waals surface area contributed by atoms with E-state index in [9.17, 15) is 4.79 Å². The molecule has 2 aromatic rings. The maximum Gasteiger partial charge on any atom is 0.256 e. The van der Waals surface area contributed by atoms with Gasteiger partial charge in [0.2, 0.25) is 0 Å². The SMILES string of the molecule is C=CCN(CC=C)C(=O)c1cc(C)n(Cc2cccs2)c1C. The van der Waals surface area contributed by atoms with E-state index >= 15 is 0 Å². The summed E-state index contributed by atoms with van der Waals surface area (Å²) in [7, 11) is 0. The molecule has 3 nitrogen and oxygen atoms in total. The Morgan fingerprint density at radius 2 is 2.00 bits per heavy atom. The summed E-state index contributed by atoms with van der Waals surface area (Å²) in [5.41, 5.74) is 2.87. The van der Waals surface area contributed by atoms with Crippen molar-refractivity contribution in [3.05, 3.63) is 70.7 Å². The lowest BCUT2D eigenvalue weighted by Gasteiger charge is -2.19. The standard InChI is InChI=1S/C18H22N2OS/c1-5-9-19(10-6-2)18(21)17-12-14(3)20(15(17)4)13-16-8-7-11-22-16/h5-8,11-12H,1-2,9-10,13H2,3-4H3. The fraction of sp³-hybridized carbons (Fsp3) is 0.278. The molecule has 0 fully saturated rings. The van der Waals surface area contributed by atoms with Gasteiger partial charge in [0.15, 0.2) is 0 Å². The molecule has 0 spiro atoms. The first-order valence-electron chi connectivity index (χ1n) is 7.28. The van der Waals surface area contributed by atoms with Crippen molar-refractivity contribution >= 4 is 17.2 Å². The Bertz CT molecular complexity index is 658. The van der Waals surface area contributed by atoms with Crippen LogP contribution in [0.3, 0.4) is 0 Å². The van der Waals surface area contributed by atoms with Gasteiger partial charge in [-0.3, -0.25) is 4.79 Å². The van der Waals surface area contributed by atoms with Crippen molar-refractivity contribution in [1.82, 2.24) is 9.47 Å². The van der Waals surface area contributed by atoms with Crippen molar-refractivity contribution in [3.8, 4) is 0 Å². The molecular weight excluding hydrogens is 292 g/mol. The fourth-order valence-corrected chi connectivity index (χ4v) is 3.23. The zero-order valence-electron chi connectivity index (χ0n) is 13.2. The summed E-state index contributed by atoms with van der Waals surface area (Å²) in [5.74, 6) is 0.0327.